The molecule has 0 saturated carbocycles. The first-order chi connectivity index (χ1) is 56.9. The van der Waals surface area contributed by atoms with Crippen LogP contribution in [0.3, 0.4) is 0 Å². The van der Waals surface area contributed by atoms with E-state index in [1.54, 1.807) is 0 Å². The van der Waals surface area contributed by atoms with Crippen LogP contribution in [-0.4, -0.2) is 25.0 Å². The Hall–Kier alpha value is -14.6. The van der Waals surface area contributed by atoms with Crippen molar-refractivity contribution in [3.05, 3.63) is 416 Å². The normalized spacial score (nSPS) is 11.8. The molecule has 1 aliphatic rings. The van der Waals surface area contributed by atoms with Crippen molar-refractivity contribution in [2.45, 2.75) is 6.42 Å². The zero-order valence-electron chi connectivity index (χ0n) is 62.4. The molecule has 6 heteroatoms. The first-order valence-electron chi connectivity index (χ1n) is 39.2. The lowest BCUT2D eigenvalue weighted by molar-refractivity contribution is 1.06. The molecule has 0 saturated heterocycles. The molecule has 0 aliphatic heterocycles. The SMILES string of the molecule is Brc1ccc2cc(-c3nnc(-c4ccc(-c5ccccc5)c5ccccc45)c4ccccc34)ccc2c1.c1ccc(-c2ccc(-c3nnc(-c4ccc5cc(-n6c7cc8ccccc8cc7c7c8ccccc8ccc76)ccc5c4)c4ccccc34)c3ccccc23)cc1.c1ccc2cc3c(cc2c1)Cc1ccc2ccccc2c1-3. The van der Waals surface area contributed by atoms with Crippen LogP contribution in [0, 0.1) is 0 Å². The molecular weight excluding hydrogens is 1460 g/mol. The van der Waals surface area contributed by atoms with Gasteiger partial charge in [-0.3, -0.25) is 0 Å². The summed E-state index contributed by atoms with van der Waals surface area (Å²) in [4.78, 5) is 0. The molecule has 0 N–H and O–H groups in total. The second-order valence-electron chi connectivity index (χ2n) is 30.1. The maximum atomic E-state index is 4.98. The molecule has 536 valence electrons. The first kappa shape index (κ1) is 67.3. The van der Waals surface area contributed by atoms with E-state index < -0.39 is 0 Å². The summed E-state index contributed by atoms with van der Waals surface area (Å²) in [6.07, 6.45) is 1.06. The third kappa shape index (κ3) is 11.8. The molecule has 0 unspecified atom stereocenters. The minimum Gasteiger partial charge on any atom is -0.309 e. The van der Waals surface area contributed by atoms with E-state index >= 15 is 0 Å². The Morgan fingerprint density at radius 2 is 0.591 bits per heavy atom. The Morgan fingerprint density at radius 1 is 0.209 bits per heavy atom. The summed E-state index contributed by atoms with van der Waals surface area (Å²) < 4.78 is 3.51. The van der Waals surface area contributed by atoms with E-state index in [9.17, 15) is 0 Å². The van der Waals surface area contributed by atoms with Gasteiger partial charge in [-0.25, -0.2) is 0 Å². The van der Waals surface area contributed by atoms with Crippen LogP contribution in [0.2, 0.25) is 0 Å². The van der Waals surface area contributed by atoms with Gasteiger partial charge in [-0.1, -0.05) is 356 Å². The quantitative estimate of drug-likeness (QED) is 0.160. The van der Waals surface area contributed by atoms with Crippen molar-refractivity contribution in [1.29, 1.82) is 0 Å². The van der Waals surface area contributed by atoms with Crippen molar-refractivity contribution in [3.63, 3.8) is 0 Å². The fraction of sp³-hybridized carbons (Fsp3) is 0.00917. The topological polar surface area (TPSA) is 56.5 Å². The molecule has 5 nitrogen and oxygen atoms in total. The molecule has 0 fully saturated rings. The number of hydrogen-bond acceptors (Lipinski definition) is 4. The molecule has 24 rings (SSSR count). The summed E-state index contributed by atoms with van der Waals surface area (Å²) in [7, 11) is 0. The highest BCUT2D eigenvalue weighted by Gasteiger charge is 2.24. The maximum absolute atomic E-state index is 4.98. The van der Waals surface area contributed by atoms with Gasteiger partial charge in [-0.15, -0.1) is 20.4 Å². The van der Waals surface area contributed by atoms with Gasteiger partial charge >= 0.3 is 0 Å². The average Bonchev–Trinajstić information content (AvgIpc) is 1.60. The van der Waals surface area contributed by atoms with Crippen molar-refractivity contribution < 1.29 is 0 Å². The van der Waals surface area contributed by atoms with Crippen LogP contribution in [0.5, 0.6) is 0 Å². The molecule has 20 aromatic carbocycles. The van der Waals surface area contributed by atoms with Crippen LogP contribution in [0.15, 0.2) is 405 Å². The second-order valence-corrected chi connectivity index (χ2v) is 31.0. The Morgan fingerprint density at radius 3 is 1.16 bits per heavy atom. The van der Waals surface area contributed by atoms with Crippen LogP contribution in [0.25, 0.3) is 214 Å². The third-order valence-electron chi connectivity index (χ3n) is 23.5. The summed E-state index contributed by atoms with van der Waals surface area (Å²) in [6.45, 7) is 0. The molecule has 0 atom stereocenters. The van der Waals surface area contributed by atoms with Crippen LogP contribution >= 0.6 is 15.9 Å². The predicted molar refractivity (Wildman–Crippen MR) is 488 cm³/mol. The Kier molecular flexibility index (Phi) is 16.4. The summed E-state index contributed by atoms with van der Waals surface area (Å²) in [5, 5.41) is 46.4. The molecule has 0 bridgehead atoms. The average molecular weight is 1530 g/mol. The fourth-order valence-corrected chi connectivity index (χ4v) is 18.4. The van der Waals surface area contributed by atoms with Gasteiger partial charge in [0.15, 0.2) is 0 Å². The van der Waals surface area contributed by atoms with Gasteiger partial charge in [0.2, 0.25) is 0 Å². The largest absolute Gasteiger partial charge is 0.309 e. The lowest BCUT2D eigenvalue weighted by Crippen LogP contribution is -1.96. The Labute approximate surface area is 672 Å². The highest BCUT2D eigenvalue weighted by Crippen LogP contribution is 2.47. The van der Waals surface area contributed by atoms with Gasteiger partial charge in [-0.05, 0) is 198 Å². The molecule has 0 spiro atoms. The van der Waals surface area contributed by atoms with Crippen LogP contribution < -0.4 is 0 Å². The molecular formula is C109H68BrN5. The summed E-state index contributed by atoms with van der Waals surface area (Å²) in [5.74, 6) is 0. The molecule has 1 aliphatic carbocycles. The zero-order chi connectivity index (χ0) is 76.0. The van der Waals surface area contributed by atoms with Crippen molar-refractivity contribution >= 4 is 145 Å². The van der Waals surface area contributed by atoms with Crippen molar-refractivity contribution in [1.82, 2.24) is 25.0 Å². The smallest absolute Gasteiger partial charge is 0.101 e. The number of hydrogen-bond donors (Lipinski definition) is 0. The predicted octanol–water partition coefficient (Wildman–Crippen LogP) is 29.6. The number of nitrogens with zero attached hydrogens (tertiary/aromatic N) is 5. The summed E-state index contributed by atoms with van der Waals surface area (Å²) in [5.41, 5.74) is 22.0. The minimum absolute atomic E-state index is 0.881. The molecule has 3 aromatic heterocycles. The van der Waals surface area contributed by atoms with E-state index in [2.05, 4.69) is 421 Å². The zero-order valence-corrected chi connectivity index (χ0v) is 64.0. The molecule has 0 radical (unpaired) electrons. The standard InChI is InChI=1S/C54H33N3.C34H21BrN2.C21H14/c1-2-12-34(13-3-1)42-27-28-48(45-19-9-8-18-44(42)45)54-47-21-11-10-20-46(47)53(55-56-54)40-23-22-39-31-41(26-24-38(39)30-40)57-50-29-25-35-14-6-7-17-43(35)52(50)49-32-36-15-4-5-16-37(36)33-51(49)57;35-26-17-16-23-20-25(15-14-24(23)21-26)33-30-12-6-7-13-31(30)34(37-36-33)32-19-18-27(22-8-2-1-3-9-22)28-10-4-5-11-29(28)32;1-2-7-16-13-20-18(11-15(16)6-1)12-17-10-9-14-5-3-4-8-19(14)21(17)20/h1-33H;1-21H;1-11,13H,12H2. The lowest BCUT2D eigenvalue weighted by Gasteiger charge is -2.14. The summed E-state index contributed by atoms with van der Waals surface area (Å²) >= 11 is 3.57. The van der Waals surface area contributed by atoms with Crippen molar-refractivity contribution in [3.8, 4) is 84.1 Å². The highest BCUT2D eigenvalue weighted by atomic mass is 79.9. The number of halogens is 1. The summed E-state index contributed by atoms with van der Waals surface area (Å²) in [6, 6.07) is 144. The van der Waals surface area contributed by atoms with Crippen LogP contribution in [0.1, 0.15) is 11.1 Å². The number of fused-ring (bicyclic) bond motifs is 18. The van der Waals surface area contributed by atoms with E-state index in [0.717, 1.165) is 93.9 Å². The van der Waals surface area contributed by atoms with E-state index in [1.165, 1.54) is 142 Å². The number of rotatable bonds is 7. The van der Waals surface area contributed by atoms with E-state index in [-0.39, 0.29) is 0 Å². The number of aromatic nitrogens is 5. The Bertz CT molecular complexity index is 7900. The Balaban J connectivity index is 0.000000118. The monoisotopic (exact) mass is 1530 g/mol. The minimum atomic E-state index is 0.881. The number of benzene rings is 20. The van der Waals surface area contributed by atoms with Crippen molar-refractivity contribution in [2.75, 3.05) is 0 Å². The second kappa shape index (κ2) is 28.0. The van der Waals surface area contributed by atoms with Gasteiger partial charge < -0.3 is 4.57 Å². The van der Waals surface area contributed by atoms with Crippen LogP contribution in [0.4, 0.5) is 0 Å². The van der Waals surface area contributed by atoms with Crippen LogP contribution in [-0.2, 0) is 6.42 Å². The van der Waals surface area contributed by atoms with E-state index in [1.807, 2.05) is 0 Å². The van der Waals surface area contributed by atoms with E-state index in [0.29, 0.717) is 0 Å². The fourth-order valence-electron chi connectivity index (χ4n) is 18.1. The third-order valence-corrected chi connectivity index (χ3v) is 24.0. The molecule has 115 heavy (non-hydrogen) atoms. The molecule has 23 aromatic rings. The van der Waals surface area contributed by atoms with Gasteiger partial charge in [-0.2, -0.15) is 0 Å². The van der Waals surface area contributed by atoms with Gasteiger partial charge in [0.1, 0.15) is 22.8 Å². The van der Waals surface area contributed by atoms with Gasteiger partial charge in [0, 0.05) is 64.7 Å². The van der Waals surface area contributed by atoms with Gasteiger partial charge in [0.25, 0.3) is 0 Å². The maximum Gasteiger partial charge on any atom is 0.101 e. The highest BCUT2D eigenvalue weighted by molar-refractivity contribution is 9.10. The van der Waals surface area contributed by atoms with Crippen molar-refractivity contribution in [2.24, 2.45) is 0 Å². The molecule has 0 amide bonds. The van der Waals surface area contributed by atoms with E-state index in [4.69, 9.17) is 20.4 Å². The van der Waals surface area contributed by atoms with Gasteiger partial charge in [0.05, 0.1) is 11.0 Å². The first-order valence-corrected chi connectivity index (χ1v) is 40.0. The molecule has 3 heterocycles. The lowest BCUT2D eigenvalue weighted by atomic mass is 9.92.